The Hall–Kier alpha value is -1.78. The Morgan fingerprint density at radius 2 is 1.74 bits per heavy atom. The van der Waals surface area contributed by atoms with Gasteiger partial charge in [-0.2, -0.15) is 0 Å². The molecule has 0 aromatic carbocycles. The van der Waals surface area contributed by atoms with Gasteiger partial charge in [0.2, 0.25) is 0 Å². The molecule has 2 aliphatic carbocycles. The van der Waals surface area contributed by atoms with E-state index in [1.54, 1.807) is 6.26 Å². The molecular formula is C18H27N3O2. The van der Waals surface area contributed by atoms with Crippen LogP contribution in [0.2, 0.25) is 0 Å². The molecule has 0 spiro atoms. The fourth-order valence-electron chi connectivity index (χ4n) is 3.54. The van der Waals surface area contributed by atoms with Crippen LogP contribution >= 0.6 is 0 Å². The number of carbonyl (C=O) groups is 1. The lowest BCUT2D eigenvalue weighted by Gasteiger charge is -2.23. The Morgan fingerprint density at radius 1 is 1.04 bits per heavy atom. The average Bonchev–Trinajstić information content (AvgIpc) is 3.10. The van der Waals surface area contributed by atoms with Crippen LogP contribution in [0.4, 0.5) is 4.79 Å². The minimum absolute atomic E-state index is 0.164. The van der Waals surface area contributed by atoms with E-state index in [1.165, 1.54) is 38.5 Å². The van der Waals surface area contributed by atoms with Crippen molar-refractivity contribution in [2.24, 2.45) is 4.99 Å². The molecule has 1 heterocycles. The number of nitrogens with zero attached hydrogens (tertiary/aromatic N) is 1. The number of carbonyl (C=O) groups excluding carboxylic acids is 1. The molecule has 2 fully saturated rings. The zero-order chi connectivity index (χ0) is 15.9. The number of amides is 2. The minimum Gasteiger partial charge on any atom is -0.461 e. The number of furan rings is 1. The lowest BCUT2D eigenvalue weighted by molar-refractivity contribution is 0.237. The van der Waals surface area contributed by atoms with Gasteiger partial charge in [-0.25, -0.2) is 4.79 Å². The molecule has 3 rings (SSSR count). The lowest BCUT2D eigenvalue weighted by Crippen LogP contribution is -2.45. The minimum atomic E-state index is -0.164. The maximum atomic E-state index is 12.3. The van der Waals surface area contributed by atoms with Crippen LogP contribution in [0.3, 0.4) is 0 Å². The van der Waals surface area contributed by atoms with Crippen LogP contribution < -0.4 is 10.6 Å². The molecule has 1 aromatic heterocycles. The van der Waals surface area contributed by atoms with Crippen molar-refractivity contribution in [1.29, 1.82) is 0 Å². The van der Waals surface area contributed by atoms with Crippen molar-refractivity contribution in [2.45, 2.75) is 76.3 Å². The number of hydrogen-bond acceptors (Lipinski definition) is 3. The van der Waals surface area contributed by atoms with Gasteiger partial charge in [0, 0.05) is 6.04 Å². The van der Waals surface area contributed by atoms with Crippen molar-refractivity contribution in [1.82, 2.24) is 10.6 Å². The molecule has 126 valence electrons. The zero-order valence-corrected chi connectivity index (χ0v) is 13.7. The molecule has 0 unspecified atom stereocenters. The van der Waals surface area contributed by atoms with Crippen molar-refractivity contribution in [2.75, 3.05) is 0 Å². The number of amidine groups is 1. The second kappa shape index (κ2) is 8.18. The monoisotopic (exact) mass is 317 g/mol. The van der Waals surface area contributed by atoms with Gasteiger partial charge in [0.1, 0.15) is 0 Å². The highest BCUT2D eigenvalue weighted by atomic mass is 16.3. The number of urea groups is 1. The first-order valence-electron chi connectivity index (χ1n) is 9.00. The van der Waals surface area contributed by atoms with Crippen LogP contribution in [-0.2, 0) is 0 Å². The number of rotatable bonds is 3. The van der Waals surface area contributed by atoms with Gasteiger partial charge in [-0.05, 0) is 37.8 Å². The van der Waals surface area contributed by atoms with Crippen molar-refractivity contribution in [3.05, 3.63) is 24.2 Å². The Bertz CT molecular complexity index is 512. The first-order valence-corrected chi connectivity index (χ1v) is 9.00. The Labute approximate surface area is 137 Å². The molecule has 2 aliphatic rings. The maximum Gasteiger partial charge on any atom is 0.320 e. The molecule has 5 heteroatoms. The van der Waals surface area contributed by atoms with E-state index in [4.69, 9.17) is 9.41 Å². The van der Waals surface area contributed by atoms with Crippen molar-refractivity contribution >= 4 is 11.9 Å². The van der Waals surface area contributed by atoms with E-state index in [9.17, 15) is 4.79 Å². The third-order valence-electron chi connectivity index (χ3n) is 4.81. The van der Waals surface area contributed by atoms with Crippen LogP contribution in [0.1, 0.15) is 70.0 Å². The molecule has 0 atom stereocenters. The molecule has 1 aromatic rings. The van der Waals surface area contributed by atoms with E-state index in [0.29, 0.717) is 17.6 Å². The molecule has 0 radical (unpaired) electrons. The smallest absolute Gasteiger partial charge is 0.320 e. The first kappa shape index (κ1) is 16.1. The highest BCUT2D eigenvalue weighted by molar-refractivity contribution is 6.06. The standard InChI is InChI=1S/C18H27N3O2/c22-18(20-15-10-5-2-6-11-15)21-17(16-12-7-13-23-16)19-14-8-3-1-4-9-14/h7,12-15H,1-6,8-11H2,(H2,19,20,21,22). The number of aliphatic imine (C=N–C) groups is 1. The van der Waals surface area contributed by atoms with Gasteiger partial charge < -0.3 is 9.73 Å². The largest absolute Gasteiger partial charge is 0.461 e. The zero-order valence-electron chi connectivity index (χ0n) is 13.7. The summed E-state index contributed by atoms with van der Waals surface area (Å²) in [6.07, 6.45) is 13.4. The fourth-order valence-corrected chi connectivity index (χ4v) is 3.54. The average molecular weight is 317 g/mol. The van der Waals surface area contributed by atoms with Crippen molar-refractivity contribution in [3.8, 4) is 0 Å². The Balaban J connectivity index is 1.63. The molecule has 2 N–H and O–H groups in total. The van der Waals surface area contributed by atoms with Gasteiger partial charge in [-0.1, -0.05) is 38.5 Å². The van der Waals surface area contributed by atoms with Gasteiger partial charge in [0.15, 0.2) is 11.6 Å². The van der Waals surface area contributed by atoms with Gasteiger partial charge in [-0.3, -0.25) is 10.3 Å². The topological polar surface area (TPSA) is 66.6 Å². The quantitative estimate of drug-likeness (QED) is 0.654. The Kier molecular flexibility index (Phi) is 5.72. The molecule has 0 bridgehead atoms. The second-order valence-electron chi connectivity index (χ2n) is 6.68. The second-order valence-corrected chi connectivity index (χ2v) is 6.68. The van der Waals surface area contributed by atoms with E-state index >= 15 is 0 Å². The van der Waals surface area contributed by atoms with Crippen LogP contribution in [0, 0.1) is 0 Å². The van der Waals surface area contributed by atoms with Crippen molar-refractivity contribution in [3.63, 3.8) is 0 Å². The Morgan fingerprint density at radius 3 is 2.39 bits per heavy atom. The van der Waals surface area contributed by atoms with Crippen LogP contribution in [0.5, 0.6) is 0 Å². The third-order valence-corrected chi connectivity index (χ3v) is 4.81. The molecule has 23 heavy (non-hydrogen) atoms. The summed E-state index contributed by atoms with van der Waals surface area (Å²) in [5.41, 5.74) is 0. The van der Waals surface area contributed by atoms with Crippen LogP contribution in [-0.4, -0.2) is 24.0 Å². The van der Waals surface area contributed by atoms with Crippen LogP contribution in [0.15, 0.2) is 27.8 Å². The SMILES string of the molecule is O=C(NC(=NC1CCCCC1)c1ccco1)NC1CCCCC1. The van der Waals surface area contributed by atoms with Gasteiger partial charge in [0.05, 0.1) is 12.3 Å². The molecular weight excluding hydrogens is 290 g/mol. The van der Waals surface area contributed by atoms with Gasteiger partial charge in [-0.15, -0.1) is 0 Å². The van der Waals surface area contributed by atoms with Crippen LogP contribution in [0.25, 0.3) is 0 Å². The van der Waals surface area contributed by atoms with E-state index < -0.39 is 0 Å². The van der Waals surface area contributed by atoms with E-state index in [-0.39, 0.29) is 12.1 Å². The lowest BCUT2D eigenvalue weighted by atomic mass is 9.96. The number of nitrogens with one attached hydrogen (secondary N) is 2. The summed E-state index contributed by atoms with van der Waals surface area (Å²) in [4.78, 5) is 17.1. The highest BCUT2D eigenvalue weighted by Crippen LogP contribution is 2.21. The summed E-state index contributed by atoms with van der Waals surface area (Å²) >= 11 is 0. The van der Waals surface area contributed by atoms with E-state index in [2.05, 4.69) is 10.6 Å². The summed E-state index contributed by atoms with van der Waals surface area (Å²) < 4.78 is 5.45. The van der Waals surface area contributed by atoms with E-state index in [1.807, 2.05) is 12.1 Å². The predicted octanol–water partition coefficient (Wildman–Crippen LogP) is 3.99. The fraction of sp³-hybridized carbons (Fsp3) is 0.667. The molecule has 0 saturated heterocycles. The maximum absolute atomic E-state index is 12.3. The molecule has 0 aliphatic heterocycles. The first-order chi connectivity index (χ1) is 11.3. The molecule has 2 amide bonds. The van der Waals surface area contributed by atoms with E-state index in [0.717, 1.165) is 25.7 Å². The summed E-state index contributed by atoms with van der Waals surface area (Å²) in [6, 6.07) is 4.09. The third kappa shape index (κ3) is 4.85. The normalized spacial score (nSPS) is 21.1. The molecule has 2 saturated carbocycles. The summed E-state index contributed by atoms with van der Waals surface area (Å²) in [7, 11) is 0. The molecule has 5 nitrogen and oxygen atoms in total. The van der Waals surface area contributed by atoms with Gasteiger partial charge in [0.25, 0.3) is 0 Å². The summed E-state index contributed by atoms with van der Waals surface area (Å²) in [5.74, 6) is 1.20. The summed E-state index contributed by atoms with van der Waals surface area (Å²) in [5, 5.41) is 6.00. The highest BCUT2D eigenvalue weighted by Gasteiger charge is 2.19. The van der Waals surface area contributed by atoms with Crippen molar-refractivity contribution < 1.29 is 9.21 Å². The predicted molar refractivity (Wildman–Crippen MR) is 90.7 cm³/mol. The number of hydrogen-bond donors (Lipinski definition) is 2. The summed E-state index contributed by atoms with van der Waals surface area (Å²) in [6.45, 7) is 0. The van der Waals surface area contributed by atoms with Gasteiger partial charge >= 0.3 is 6.03 Å².